The first kappa shape index (κ1) is 30.2. The Morgan fingerprint density at radius 3 is 2.58 bits per heavy atom. The summed E-state index contributed by atoms with van der Waals surface area (Å²) in [6, 6.07) is 7.90. The number of amides is 1. The van der Waals surface area contributed by atoms with E-state index in [4.69, 9.17) is 16.1 Å². The third-order valence-electron chi connectivity index (χ3n) is 10.7. The number of hydrogen-bond donors (Lipinski definition) is 0. The second-order valence-corrected chi connectivity index (χ2v) is 13.3. The Morgan fingerprint density at radius 2 is 1.90 bits per heavy atom. The number of hydrogen-bond acceptors (Lipinski definition) is 8. The van der Waals surface area contributed by atoms with Crippen LogP contribution in [0, 0.1) is 35.3 Å². The highest BCUT2D eigenvalue weighted by molar-refractivity contribution is 6.03. The molecule has 242 valence electrons. The number of aromatic nitrogens is 3. The number of carbonyl (C=O) groups is 1. The Morgan fingerprint density at radius 1 is 1.15 bits per heavy atom. The first-order valence-corrected chi connectivity index (χ1v) is 16.4. The van der Waals surface area contributed by atoms with Crippen LogP contribution >= 0.6 is 0 Å². The van der Waals surface area contributed by atoms with Crippen LogP contribution < -0.4 is 9.64 Å². The van der Waals surface area contributed by atoms with Crippen LogP contribution in [0.5, 0.6) is 6.01 Å². The topological polar surface area (TPSA) is 98.5 Å². The van der Waals surface area contributed by atoms with Crippen molar-refractivity contribution in [2.75, 3.05) is 37.7 Å². The lowest BCUT2D eigenvalue weighted by atomic mass is 9.94. The maximum absolute atomic E-state index is 17.0. The van der Waals surface area contributed by atoms with E-state index in [1.165, 1.54) is 30.5 Å². The highest BCUT2D eigenvalue weighted by Crippen LogP contribution is 2.41. The molecule has 0 radical (unpaired) electrons. The third-order valence-corrected chi connectivity index (χ3v) is 10.7. The zero-order valence-corrected chi connectivity index (χ0v) is 26.4. The molecule has 6 heterocycles. The Labute approximate surface area is 276 Å². The summed E-state index contributed by atoms with van der Waals surface area (Å²) >= 11 is 0. The molecular weight excluding hydrogens is 612 g/mol. The molecule has 8 rings (SSSR count). The molecule has 9 nitrogen and oxygen atoms in total. The first-order chi connectivity index (χ1) is 23.3. The van der Waals surface area contributed by atoms with Gasteiger partial charge in [-0.3, -0.25) is 14.7 Å². The van der Waals surface area contributed by atoms with Crippen molar-refractivity contribution in [1.82, 2.24) is 24.8 Å². The molecule has 4 fully saturated rings. The average Bonchev–Trinajstić information content (AvgIpc) is 3.77. The van der Waals surface area contributed by atoms with Crippen molar-refractivity contribution >= 4 is 33.4 Å². The minimum atomic E-state index is -0.755. The van der Waals surface area contributed by atoms with Crippen molar-refractivity contribution in [1.29, 1.82) is 5.26 Å². The monoisotopic (exact) mass is 645 g/mol. The Hall–Kier alpha value is -5.13. The molecule has 48 heavy (non-hydrogen) atoms. The number of fused-ring (bicyclic) bond motifs is 5. The van der Waals surface area contributed by atoms with Gasteiger partial charge in [-0.25, -0.2) is 8.78 Å². The fraction of sp³-hybridized carbons (Fsp3) is 0.378. The van der Waals surface area contributed by atoms with Gasteiger partial charge in [0.25, 0.3) is 0 Å². The number of piperazine rings is 1. The van der Waals surface area contributed by atoms with E-state index >= 15 is 4.39 Å². The SMILES string of the molecule is C#Cc1c(F)ccc2cc(C#N)cc(-c3ncc4c(N5C[C@H]6CC[C@@H](C5)N6C(=O)C=C)nc(OCC56CCCN5CCC6)nc4c3F)c12. The van der Waals surface area contributed by atoms with Crippen molar-refractivity contribution in [2.45, 2.75) is 56.1 Å². The maximum atomic E-state index is 17.0. The molecule has 2 atom stereocenters. The van der Waals surface area contributed by atoms with E-state index in [-0.39, 0.29) is 62.8 Å². The van der Waals surface area contributed by atoms with E-state index in [2.05, 4.69) is 38.3 Å². The van der Waals surface area contributed by atoms with Crippen molar-refractivity contribution in [3.05, 3.63) is 65.9 Å². The second-order valence-electron chi connectivity index (χ2n) is 13.3. The minimum Gasteiger partial charge on any atom is -0.461 e. The summed E-state index contributed by atoms with van der Waals surface area (Å²) in [6.45, 7) is 7.14. The van der Waals surface area contributed by atoms with Crippen LogP contribution in [-0.4, -0.2) is 81.1 Å². The largest absolute Gasteiger partial charge is 0.461 e. The lowest BCUT2D eigenvalue weighted by Crippen LogP contribution is -2.55. The van der Waals surface area contributed by atoms with E-state index in [1.807, 2.05) is 4.90 Å². The van der Waals surface area contributed by atoms with Gasteiger partial charge in [-0.15, -0.1) is 6.42 Å². The predicted molar refractivity (Wildman–Crippen MR) is 177 cm³/mol. The minimum absolute atomic E-state index is 0.00156. The quantitative estimate of drug-likeness (QED) is 0.205. The summed E-state index contributed by atoms with van der Waals surface area (Å²) in [7, 11) is 0. The number of ether oxygens (including phenoxy) is 1. The maximum Gasteiger partial charge on any atom is 0.319 e. The van der Waals surface area contributed by atoms with Gasteiger partial charge in [0.05, 0.1) is 28.1 Å². The molecule has 4 aliphatic rings. The van der Waals surface area contributed by atoms with Crippen LogP contribution in [0.1, 0.15) is 49.7 Å². The van der Waals surface area contributed by atoms with Crippen molar-refractivity contribution in [2.24, 2.45) is 0 Å². The zero-order valence-electron chi connectivity index (χ0n) is 26.4. The molecule has 0 unspecified atom stereocenters. The lowest BCUT2D eigenvalue weighted by Gasteiger charge is -2.41. The molecule has 2 aromatic carbocycles. The van der Waals surface area contributed by atoms with Gasteiger partial charge in [0.15, 0.2) is 5.82 Å². The summed E-state index contributed by atoms with van der Waals surface area (Å²) in [6.07, 6.45) is 14.5. The number of rotatable bonds is 6. The van der Waals surface area contributed by atoms with Gasteiger partial charge >= 0.3 is 6.01 Å². The Balaban J connectivity index is 1.28. The second kappa shape index (κ2) is 11.5. The molecule has 4 saturated heterocycles. The Kier molecular flexibility index (Phi) is 7.26. The van der Waals surface area contributed by atoms with Crippen LogP contribution in [-0.2, 0) is 4.79 Å². The number of anilines is 1. The van der Waals surface area contributed by atoms with E-state index in [0.29, 0.717) is 36.3 Å². The summed E-state index contributed by atoms with van der Waals surface area (Å²) in [5.41, 5.74) is 0.209. The number of benzene rings is 2. The standard InChI is InChI=1S/C37H33F2N7O2/c1-3-26-29(38)10-7-23-15-22(17-40)16-27(31(23)26)33-32(39)34-28(18-41-33)35(44-19-24-8-9-25(20-44)46(24)30(47)4-2)43-36(42-34)48-21-37-11-5-13-45(37)14-6-12-37/h1,4,7,10,15-16,18,24-25H,2,5-6,8-9,11-14,19-21H2/t24-,25+. The lowest BCUT2D eigenvalue weighted by molar-refractivity contribution is -0.129. The van der Waals surface area contributed by atoms with Crippen LogP contribution in [0.4, 0.5) is 14.6 Å². The van der Waals surface area contributed by atoms with Crippen molar-refractivity contribution in [3.63, 3.8) is 0 Å². The molecule has 0 N–H and O–H groups in total. The zero-order chi connectivity index (χ0) is 33.2. The smallest absolute Gasteiger partial charge is 0.319 e. The Bertz CT molecular complexity index is 2080. The molecule has 4 aliphatic heterocycles. The molecule has 11 heteroatoms. The summed E-state index contributed by atoms with van der Waals surface area (Å²) in [4.78, 5) is 33.2. The summed E-state index contributed by atoms with van der Waals surface area (Å²) < 4.78 is 38.3. The third kappa shape index (κ3) is 4.68. The number of halogens is 2. The molecule has 2 bridgehead atoms. The molecule has 2 aromatic heterocycles. The van der Waals surface area contributed by atoms with Crippen LogP contribution in [0.15, 0.2) is 43.1 Å². The number of carbonyl (C=O) groups excluding carboxylic acids is 1. The molecule has 0 saturated carbocycles. The number of pyridine rings is 1. The number of terminal acetylenes is 1. The van der Waals surface area contributed by atoms with Gasteiger partial charge in [0.1, 0.15) is 29.5 Å². The summed E-state index contributed by atoms with van der Waals surface area (Å²) in [5.74, 6) is 1.40. The van der Waals surface area contributed by atoms with Crippen LogP contribution in [0.2, 0.25) is 0 Å². The van der Waals surface area contributed by atoms with Crippen LogP contribution in [0.25, 0.3) is 32.9 Å². The predicted octanol–water partition coefficient (Wildman–Crippen LogP) is 5.35. The fourth-order valence-electron chi connectivity index (χ4n) is 8.55. The summed E-state index contributed by atoms with van der Waals surface area (Å²) in [5, 5.41) is 10.9. The van der Waals surface area contributed by atoms with Gasteiger partial charge in [-0.2, -0.15) is 15.2 Å². The highest BCUT2D eigenvalue weighted by atomic mass is 19.1. The van der Waals surface area contributed by atoms with Crippen molar-refractivity contribution < 1.29 is 18.3 Å². The molecule has 4 aromatic rings. The first-order valence-electron chi connectivity index (χ1n) is 16.4. The van der Waals surface area contributed by atoms with Gasteiger partial charge in [-0.1, -0.05) is 18.6 Å². The van der Waals surface area contributed by atoms with E-state index < -0.39 is 11.6 Å². The fourth-order valence-corrected chi connectivity index (χ4v) is 8.55. The van der Waals surface area contributed by atoms with Gasteiger partial charge in [-0.05, 0) is 81.3 Å². The van der Waals surface area contributed by atoms with Crippen molar-refractivity contribution in [3.8, 4) is 35.7 Å². The van der Waals surface area contributed by atoms with Gasteiger partial charge < -0.3 is 14.5 Å². The van der Waals surface area contributed by atoms with E-state index in [0.717, 1.165) is 51.6 Å². The van der Waals surface area contributed by atoms with Gasteiger partial charge in [0, 0.05) is 42.3 Å². The van der Waals surface area contributed by atoms with Gasteiger partial charge in [0.2, 0.25) is 5.91 Å². The highest BCUT2D eigenvalue weighted by Gasteiger charge is 2.46. The number of nitriles is 1. The van der Waals surface area contributed by atoms with Crippen LogP contribution in [0.3, 0.4) is 0 Å². The molecule has 0 spiro atoms. The molecule has 0 aliphatic carbocycles. The normalized spacial score (nSPS) is 21.3. The molecule has 1 amide bonds. The van der Waals surface area contributed by atoms with E-state index in [1.54, 1.807) is 6.07 Å². The number of nitrogens with zero attached hydrogens (tertiary/aromatic N) is 7. The molecular formula is C37H33F2N7O2. The van der Waals surface area contributed by atoms with E-state index in [9.17, 15) is 14.4 Å². The average molecular weight is 646 g/mol.